The molecule has 1 aliphatic heterocycles. The molecular formula is C27H23FN4O2. The van der Waals surface area contributed by atoms with E-state index in [0.29, 0.717) is 28.5 Å². The Kier molecular flexibility index (Phi) is 5.45. The maximum Gasteiger partial charge on any atom is 0.326 e. The fraction of sp³-hybridized carbons (Fsp3) is 0.148. The number of rotatable bonds is 4. The van der Waals surface area contributed by atoms with Crippen LogP contribution < -0.4 is 10.2 Å². The molecule has 0 bridgehead atoms. The van der Waals surface area contributed by atoms with Gasteiger partial charge >= 0.3 is 6.03 Å². The lowest BCUT2D eigenvalue weighted by atomic mass is 9.94. The van der Waals surface area contributed by atoms with Crippen molar-refractivity contribution >= 4 is 17.3 Å². The largest absolute Gasteiger partial charge is 0.334 e. The molecule has 7 heteroatoms. The van der Waals surface area contributed by atoms with Gasteiger partial charge in [0, 0.05) is 11.3 Å². The van der Waals surface area contributed by atoms with Gasteiger partial charge in [-0.3, -0.25) is 4.90 Å². The number of urea groups is 1. The summed E-state index contributed by atoms with van der Waals surface area (Å²) in [6.45, 7) is 5.92. The van der Waals surface area contributed by atoms with E-state index in [-0.39, 0.29) is 11.8 Å². The first-order chi connectivity index (χ1) is 16.4. The highest BCUT2D eigenvalue weighted by Gasteiger charge is 2.36. The number of carbonyl (C=O) groups excluding carboxylic acids is 1. The van der Waals surface area contributed by atoms with Crippen LogP contribution in [0.1, 0.15) is 35.5 Å². The summed E-state index contributed by atoms with van der Waals surface area (Å²) in [5.74, 6) is 0.297. The molecule has 4 aromatic rings. The Hall–Kier alpha value is -4.26. The Morgan fingerprint density at radius 2 is 1.68 bits per heavy atom. The molecule has 1 unspecified atom stereocenters. The second kappa shape index (κ2) is 8.59. The minimum atomic E-state index is -0.474. The van der Waals surface area contributed by atoms with Crippen LogP contribution in [0, 0.1) is 19.7 Å². The molecule has 3 aromatic carbocycles. The number of allylic oxidation sites excluding steroid dienone is 1. The van der Waals surface area contributed by atoms with E-state index in [4.69, 9.17) is 4.52 Å². The SMILES string of the molecule is CC1=C(c2nc(-c3ccc(F)cc3)no2)C(c2ccccc2)NC(=O)N1c1ccc(C)c(C)c1. The van der Waals surface area contributed by atoms with Gasteiger partial charge in [0.05, 0.1) is 17.3 Å². The molecule has 5 rings (SSSR count). The number of benzene rings is 3. The van der Waals surface area contributed by atoms with Gasteiger partial charge in [0.25, 0.3) is 5.89 Å². The van der Waals surface area contributed by atoms with Crippen LogP contribution in [0.2, 0.25) is 0 Å². The molecule has 1 aromatic heterocycles. The van der Waals surface area contributed by atoms with Gasteiger partial charge in [-0.05, 0) is 73.9 Å². The molecule has 1 aliphatic rings. The third-order valence-electron chi connectivity index (χ3n) is 6.13. The summed E-state index contributed by atoms with van der Waals surface area (Å²) in [5.41, 5.74) is 5.90. The zero-order valence-electron chi connectivity index (χ0n) is 19.0. The summed E-state index contributed by atoms with van der Waals surface area (Å²) < 4.78 is 19.0. The summed E-state index contributed by atoms with van der Waals surface area (Å²) in [6, 6.07) is 20.7. The van der Waals surface area contributed by atoms with Crippen LogP contribution in [-0.4, -0.2) is 16.2 Å². The number of hydrogen-bond donors (Lipinski definition) is 1. The van der Waals surface area contributed by atoms with Crippen LogP contribution in [0.25, 0.3) is 17.0 Å². The van der Waals surface area contributed by atoms with Gasteiger partial charge in [-0.1, -0.05) is 41.6 Å². The van der Waals surface area contributed by atoms with Crippen molar-refractivity contribution in [2.45, 2.75) is 26.8 Å². The van der Waals surface area contributed by atoms with Crippen molar-refractivity contribution in [2.24, 2.45) is 0 Å². The highest BCUT2D eigenvalue weighted by molar-refractivity contribution is 6.01. The Balaban J connectivity index is 1.65. The van der Waals surface area contributed by atoms with Crippen LogP contribution >= 0.6 is 0 Å². The summed E-state index contributed by atoms with van der Waals surface area (Å²) in [5, 5.41) is 7.22. The number of nitrogens with one attached hydrogen (secondary N) is 1. The summed E-state index contributed by atoms with van der Waals surface area (Å²) in [7, 11) is 0. The van der Waals surface area contributed by atoms with Crippen LogP contribution in [-0.2, 0) is 0 Å². The number of aryl methyl sites for hydroxylation is 2. The number of nitrogens with zero attached hydrogens (tertiary/aromatic N) is 3. The molecule has 0 fully saturated rings. The van der Waals surface area contributed by atoms with E-state index >= 15 is 0 Å². The minimum Gasteiger partial charge on any atom is -0.334 e. The maximum atomic E-state index is 13.4. The number of anilines is 1. The van der Waals surface area contributed by atoms with E-state index < -0.39 is 6.04 Å². The topological polar surface area (TPSA) is 71.3 Å². The average molecular weight is 455 g/mol. The molecule has 0 aliphatic carbocycles. The Morgan fingerprint density at radius 3 is 2.38 bits per heavy atom. The molecule has 0 radical (unpaired) electrons. The van der Waals surface area contributed by atoms with E-state index in [1.165, 1.54) is 12.1 Å². The smallest absolute Gasteiger partial charge is 0.326 e. The second-order valence-electron chi connectivity index (χ2n) is 8.33. The summed E-state index contributed by atoms with van der Waals surface area (Å²) >= 11 is 0. The summed E-state index contributed by atoms with van der Waals surface area (Å²) in [4.78, 5) is 19.5. The first-order valence-corrected chi connectivity index (χ1v) is 11.0. The lowest BCUT2D eigenvalue weighted by molar-refractivity contribution is 0.244. The van der Waals surface area contributed by atoms with Crippen molar-refractivity contribution in [1.82, 2.24) is 15.5 Å². The van der Waals surface area contributed by atoms with Gasteiger partial charge < -0.3 is 9.84 Å². The highest BCUT2D eigenvalue weighted by atomic mass is 19.1. The second-order valence-corrected chi connectivity index (χ2v) is 8.33. The molecule has 2 heterocycles. The van der Waals surface area contributed by atoms with Crippen molar-refractivity contribution in [3.8, 4) is 11.4 Å². The number of halogens is 1. The molecule has 0 saturated heterocycles. The van der Waals surface area contributed by atoms with Gasteiger partial charge in [-0.15, -0.1) is 0 Å². The molecule has 34 heavy (non-hydrogen) atoms. The van der Waals surface area contributed by atoms with Crippen LogP contribution in [0.3, 0.4) is 0 Å². The van der Waals surface area contributed by atoms with Crippen LogP contribution in [0.4, 0.5) is 14.9 Å². The average Bonchev–Trinajstić information content (AvgIpc) is 3.31. The van der Waals surface area contributed by atoms with Crippen molar-refractivity contribution in [3.05, 3.63) is 107 Å². The Bertz CT molecular complexity index is 1390. The fourth-order valence-electron chi connectivity index (χ4n) is 4.14. The van der Waals surface area contributed by atoms with Gasteiger partial charge in [0.2, 0.25) is 5.82 Å². The zero-order chi connectivity index (χ0) is 23.8. The van der Waals surface area contributed by atoms with E-state index in [1.54, 1.807) is 17.0 Å². The molecule has 6 nitrogen and oxygen atoms in total. The van der Waals surface area contributed by atoms with Crippen LogP contribution in [0.5, 0.6) is 0 Å². The predicted molar refractivity (Wildman–Crippen MR) is 128 cm³/mol. The normalized spacial score (nSPS) is 16.1. The first-order valence-electron chi connectivity index (χ1n) is 11.0. The molecule has 1 atom stereocenters. The predicted octanol–water partition coefficient (Wildman–Crippen LogP) is 6.19. The molecular weight excluding hydrogens is 431 g/mol. The molecule has 2 amide bonds. The lowest BCUT2D eigenvalue weighted by Crippen LogP contribution is -2.46. The quantitative estimate of drug-likeness (QED) is 0.399. The van der Waals surface area contributed by atoms with Crippen molar-refractivity contribution in [3.63, 3.8) is 0 Å². The van der Waals surface area contributed by atoms with E-state index in [0.717, 1.165) is 22.4 Å². The molecule has 0 spiro atoms. The number of amides is 2. The fourth-order valence-corrected chi connectivity index (χ4v) is 4.14. The van der Waals surface area contributed by atoms with E-state index in [9.17, 15) is 9.18 Å². The minimum absolute atomic E-state index is 0.239. The third kappa shape index (κ3) is 3.85. The third-order valence-corrected chi connectivity index (χ3v) is 6.13. The van der Waals surface area contributed by atoms with Gasteiger partial charge in [0.1, 0.15) is 5.82 Å². The van der Waals surface area contributed by atoms with Crippen molar-refractivity contribution < 1.29 is 13.7 Å². The van der Waals surface area contributed by atoms with Gasteiger partial charge in [-0.2, -0.15) is 4.98 Å². The summed E-state index contributed by atoms with van der Waals surface area (Å²) in [6.07, 6.45) is 0. The van der Waals surface area contributed by atoms with Crippen molar-refractivity contribution in [2.75, 3.05) is 4.90 Å². The van der Waals surface area contributed by atoms with Gasteiger partial charge in [0.15, 0.2) is 0 Å². The van der Waals surface area contributed by atoms with Crippen LogP contribution in [0.15, 0.2) is 83.0 Å². The lowest BCUT2D eigenvalue weighted by Gasteiger charge is -2.35. The van der Waals surface area contributed by atoms with Gasteiger partial charge in [-0.25, -0.2) is 9.18 Å². The molecule has 1 N–H and O–H groups in total. The van der Waals surface area contributed by atoms with Crippen molar-refractivity contribution in [1.29, 1.82) is 0 Å². The highest BCUT2D eigenvalue weighted by Crippen LogP contribution is 2.39. The van der Waals surface area contributed by atoms with E-state index in [2.05, 4.69) is 15.5 Å². The number of aromatic nitrogens is 2. The Morgan fingerprint density at radius 1 is 0.941 bits per heavy atom. The maximum absolute atomic E-state index is 13.4. The van der Waals surface area contributed by atoms with E-state index in [1.807, 2.05) is 69.3 Å². The molecule has 0 saturated carbocycles. The Labute approximate surface area is 196 Å². The first kappa shape index (κ1) is 21.6. The zero-order valence-corrected chi connectivity index (χ0v) is 19.0. The monoisotopic (exact) mass is 454 g/mol. The molecule has 170 valence electrons. The number of carbonyl (C=O) groups is 1. The number of hydrogen-bond acceptors (Lipinski definition) is 4. The standard InChI is InChI=1S/C27H23FN4O2/c1-16-9-14-22(15-17(16)2)32-18(3)23(24(29-27(32)33)19-7-5-4-6-8-19)26-30-25(31-34-26)20-10-12-21(28)13-11-20/h4-15,24H,1-3H3,(H,29,33).